The number of hydrogen-bond acceptors (Lipinski definition) is 4. The molecule has 1 amide bonds. The SMILES string of the molecule is Cc1ccccc1CNC(=O)c1cccc(-c2cnc(Oc3ccc(F)cc3)nc2)c1. The molecular weight excluding hydrogens is 393 g/mol. The molecule has 0 radical (unpaired) electrons. The van der Waals surface area contributed by atoms with Crippen molar-refractivity contribution in [1.82, 2.24) is 15.3 Å². The van der Waals surface area contributed by atoms with Crippen molar-refractivity contribution in [3.63, 3.8) is 0 Å². The standard InChI is InChI=1S/C25H20FN3O2/c1-17-5-2-3-6-20(17)14-27-24(30)19-8-4-7-18(13-19)21-15-28-25(29-16-21)31-23-11-9-22(26)10-12-23/h2-13,15-16H,14H2,1H3,(H,27,30). The van der Waals surface area contributed by atoms with Crippen molar-refractivity contribution in [2.45, 2.75) is 13.5 Å². The lowest BCUT2D eigenvalue weighted by Crippen LogP contribution is -2.23. The molecule has 0 aliphatic carbocycles. The zero-order valence-electron chi connectivity index (χ0n) is 16.9. The number of aromatic nitrogens is 2. The van der Waals surface area contributed by atoms with Crippen LogP contribution in [0.3, 0.4) is 0 Å². The Morgan fingerprint density at radius 2 is 1.68 bits per heavy atom. The van der Waals surface area contributed by atoms with Crippen LogP contribution >= 0.6 is 0 Å². The number of hydrogen-bond donors (Lipinski definition) is 1. The Morgan fingerprint density at radius 3 is 2.42 bits per heavy atom. The molecular formula is C25H20FN3O2. The molecule has 31 heavy (non-hydrogen) atoms. The van der Waals surface area contributed by atoms with E-state index in [2.05, 4.69) is 15.3 Å². The number of carbonyl (C=O) groups excluding carboxylic acids is 1. The van der Waals surface area contributed by atoms with Crippen LogP contribution in [0.15, 0.2) is 85.2 Å². The maximum absolute atomic E-state index is 13.0. The van der Waals surface area contributed by atoms with E-state index in [9.17, 15) is 9.18 Å². The van der Waals surface area contributed by atoms with E-state index in [1.165, 1.54) is 24.3 Å². The van der Waals surface area contributed by atoms with Gasteiger partial charge in [0.15, 0.2) is 0 Å². The maximum atomic E-state index is 13.0. The molecule has 4 aromatic rings. The third-order valence-electron chi connectivity index (χ3n) is 4.81. The number of carbonyl (C=O) groups is 1. The minimum atomic E-state index is -0.341. The second-order valence-corrected chi connectivity index (χ2v) is 7.00. The third-order valence-corrected chi connectivity index (χ3v) is 4.81. The van der Waals surface area contributed by atoms with E-state index in [1.54, 1.807) is 24.5 Å². The number of rotatable bonds is 6. The summed E-state index contributed by atoms with van der Waals surface area (Å²) in [5, 5.41) is 2.96. The monoisotopic (exact) mass is 413 g/mol. The highest BCUT2D eigenvalue weighted by Gasteiger charge is 2.09. The average Bonchev–Trinajstić information content (AvgIpc) is 2.80. The van der Waals surface area contributed by atoms with Gasteiger partial charge in [0.2, 0.25) is 0 Å². The molecule has 0 spiro atoms. The molecule has 0 aliphatic heterocycles. The van der Waals surface area contributed by atoms with E-state index >= 15 is 0 Å². The molecule has 6 heteroatoms. The third kappa shape index (κ3) is 5.11. The zero-order valence-corrected chi connectivity index (χ0v) is 16.9. The Hall–Kier alpha value is -4.06. The number of benzene rings is 3. The van der Waals surface area contributed by atoms with Gasteiger partial charge in [-0.25, -0.2) is 14.4 Å². The maximum Gasteiger partial charge on any atom is 0.321 e. The molecule has 0 fully saturated rings. The van der Waals surface area contributed by atoms with Crippen LogP contribution in [0.5, 0.6) is 11.8 Å². The normalized spacial score (nSPS) is 10.5. The minimum absolute atomic E-state index is 0.151. The fourth-order valence-corrected chi connectivity index (χ4v) is 3.05. The largest absolute Gasteiger partial charge is 0.424 e. The number of nitrogens with one attached hydrogen (secondary N) is 1. The van der Waals surface area contributed by atoms with Crippen LogP contribution in [-0.4, -0.2) is 15.9 Å². The molecule has 0 saturated carbocycles. The van der Waals surface area contributed by atoms with Gasteiger partial charge in [-0.1, -0.05) is 36.4 Å². The van der Waals surface area contributed by atoms with Gasteiger partial charge in [-0.05, 0) is 60.0 Å². The molecule has 5 nitrogen and oxygen atoms in total. The molecule has 0 atom stereocenters. The van der Waals surface area contributed by atoms with Crippen molar-refractivity contribution in [3.05, 3.63) is 108 Å². The minimum Gasteiger partial charge on any atom is -0.424 e. The van der Waals surface area contributed by atoms with Crippen molar-refractivity contribution in [1.29, 1.82) is 0 Å². The first-order chi connectivity index (χ1) is 15.1. The Labute approximate surface area is 179 Å². The highest BCUT2D eigenvalue weighted by Crippen LogP contribution is 2.22. The van der Waals surface area contributed by atoms with Gasteiger partial charge in [-0.15, -0.1) is 0 Å². The Bertz CT molecular complexity index is 1190. The Morgan fingerprint density at radius 1 is 0.935 bits per heavy atom. The van der Waals surface area contributed by atoms with E-state index in [0.29, 0.717) is 17.9 Å². The van der Waals surface area contributed by atoms with E-state index in [4.69, 9.17) is 4.74 Å². The highest BCUT2D eigenvalue weighted by atomic mass is 19.1. The number of halogens is 1. The van der Waals surface area contributed by atoms with E-state index in [1.807, 2.05) is 43.3 Å². The zero-order chi connectivity index (χ0) is 21.6. The van der Waals surface area contributed by atoms with Crippen LogP contribution in [0.2, 0.25) is 0 Å². The van der Waals surface area contributed by atoms with Crippen LogP contribution < -0.4 is 10.1 Å². The summed E-state index contributed by atoms with van der Waals surface area (Å²) in [5.41, 5.74) is 4.34. The van der Waals surface area contributed by atoms with Crippen LogP contribution in [0.1, 0.15) is 21.5 Å². The van der Waals surface area contributed by atoms with Crippen LogP contribution in [0.25, 0.3) is 11.1 Å². The van der Waals surface area contributed by atoms with Gasteiger partial charge >= 0.3 is 6.01 Å². The van der Waals surface area contributed by atoms with Crippen molar-refractivity contribution in [3.8, 4) is 22.9 Å². The summed E-state index contributed by atoms with van der Waals surface area (Å²) in [6.45, 7) is 2.49. The first-order valence-electron chi connectivity index (χ1n) is 9.77. The van der Waals surface area contributed by atoms with Crippen molar-refractivity contribution in [2.75, 3.05) is 0 Å². The molecule has 1 aromatic heterocycles. The fraction of sp³-hybridized carbons (Fsp3) is 0.0800. The summed E-state index contributed by atoms with van der Waals surface area (Å²) in [5.74, 6) is -0.0461. The quantitative estimate of drug-likeness (QED) is 0.465. The number of aryl methyl sites for hydroxylation is 1. The summed E-state index contributed by atoms with van der Waals surface area (Å²) >= 11 is 0. The summed E-state index contributed by atoms with van der Waals surface area (Å²) in [6, 6.07) is 21.0. The lowest BCUT2D eigenvalue weighted by molar-refractivity contribution is 0.0951. The predicted molar refractivity (Wildman–Crippen MR) is 116 cm³/mol. The van der Waals surface area contributed by atoms with Gasteiger partial charge in [0.05, 0.1) is 0 Å². The lowest BCUT2D eigenvalue weighted by atomic mass is 10.1. The number of amides is 1. The first-order valence-corrected chi connectivity index (χ1v) is 9.77. The van der Waals surface area contributed by atoms with Gasteiger partial charge in [0.25, 0.3) is 5.91 Å². The molecule has 0 saturated heterocycles. The number of nitrogens with zero attached hydrogens (tertiary/aromatic N) is 2. The van der Waals surface area contributed by atoms with E-state index in [-0.39, 0.29) is 17.7 Å². The average molecular weight is 413 g/mol. The van der Waals surface area contributed by atoms with E-state index in [0.717, 1.165) is 22.3 Å². The van der Waals surface area contributed by atoms with Gasteiger partial charge in [0, 0.05) is 30.1 Å². The number of ether oxygens (including phenoxy) is 1. The fourth-order valence-electron chi connectivity index (χ4n) is 3.05. The summed E-state index contributed by atoms with van der Waals surface area (Å²) in [6.07, 6.45) is 3.24. The second kappa shape index (κ2) is 9.17. The molecule has 1 N–H and O–H groups in total. The molecule has 4 rings (SSSR count). The Balaban J connectivity index is 1.44. The molecule has 0 aliphatic rings. The molecule has 0 unspecified atom stereocenters. The summed E-state index contributed by atoms with van der Waals surface area (Å²) in [7, 11) is 0. The lowest BCUT2D eigenvalue weighted by Gasteiger charge is -2.09. The predicted octanol–water partition coefficient (Wildman–Crippen LogP) is 5.31. The molecule has 1 heterocycles. The van der Waals surface area contributed by atoms with Gasteiger partial charge in [-0.2, -0.15) is 0 Å². The topological polar surface area (TPSA) is 64.1 Å². The van der Waals surface area contributed by atoms with Crippen LogP contribution in [0, 0.1) is 12.7 Å². The van der Waals surface area contributed by atoms with Crippen molar-refractivity contribution < 1.29 is 13.9 Å². The van der Waals surface area contributed by atoms with E-state index < -0.39 is 0 Å². The second-order valence-electron chi connectivity index (χ2n) is 7.00. The molecule has 0 bridgehead atoms. The van der Waals surface area contributed by atoms with Crippen molar-refractivity contribution in [2.24, 2.45) is 0 Å². The Kier molecular flexibility index (Phi) is 5.98. The van der Waals surface area contributed by atoms with Crippen LogP contribution in [-0.2, 0) is 6.54 Å². The molecule has 154 valence electrons. The summed E-state index contributed by atoms with van der Waals surface area (Å²) < 4.78 is 18.5. The van der Waals surface area contributed by atoms with Crippen LogP contribution in [0.4, 0.5) is 4.39 Å². The van der Waals surface area contributed by atoms with Gasteiger partial charge in [0.1, 0.15) is 11.6 Å². The van der Waals surface area contributed by atoms with Gasteiger partial charge < -0.3 is 10.1 Å². The summed E-state index contributed by atoms with van der Waals surface area (Å²) in [4.78, 5) is 21.0. The first kappa shape index (κ1) is 20.2. The molecule has 3 aromatic carbocycles. The smallest absolute Gasteiger partial charge is 0.321 e. The van der Waals surface area contributed by atoms with Gasteiger partial charge in [-0.3, -0.25) is 4.79 Å². The highest BCUT2D eigenvalue weighted by molar-refractivity contribution is 5.95. The van der Waals surface area contributed by atoms with Crippen molar-refractivity contribution >= 4 is 5.91 Å².